The molecule has 1 aromatic carbocycles. The Balaban J connectivity index is 1.61. The van der Waals surface area contributed by atoms with Crippen LogP contribution in [0.5, 0.6) is 0 Å². The average Bonchev–Trinajstić information content (AvgIpc) is 3.27. The van der Waals surface area contributed by atoms with E-state index in [1.54, 1.807) is 24.5 Å². The second-order valence-corrected chi connectivity index (χ2v) is 7.12. The number of ether oxygens (including phenoxy) is 2. The molecule has 0 saturated heterocycles. The molecule has 3 aromatic rings. The van der Waals surface area contributed by atoms with E-state index in [-0.39, 0.29) is 25.1 Å². The first-order chi connectivity index (χ1) is 13.5. The summed E-state index contributed by atoms with van der Waals surface area (Å²) in [6.45, 7) is 5.85. The van der Waals surface area contributed by atoms with Gasteiger partial charge in [0.05, 0.1) is 17.9 Å². The zero-order valence-corrected chi connectivity index (χ0v) is 16.9. The number of benzene rings is 1. The minimum absolute atomic E-state index is 0.0345. The van der Waals surface area contributed by atoms with Gasteiger partial charge >= 0.3 is 11.9 Å². The molecule has 0 N–H and O–H groups in total. The number of aryl methyl sites for hydroxylation is 1. The van der Waals surface area contributed by atoms with Crippen LogP contribution in [-0.2, 0) is 27.4 Å². The number of carbonyl (C=O) groups excluding carboxylic acids is 2. The Bertz CT molecular complexity index is 976. The predicted molar refractivity (Wildman–Crippen MR) is 107 cm³/mol. The van der Waals surface area contributed by atoms with Gasteiger partial charge in [-0.1, -0.05) is 30.3 Å². The van der Waals surface area contributed by atoms with Gasteiger partial charge in [-0.05, 0) is 26.8 Å². The summed E-state index contributed by atoms with van der Waals surface area (Å²) in [4.78, 5) is 28.8. The Hall–Kier alpha value is -2.93. The summed E-state index contributed by atoms with van der Waals surface area (Å²) in [7, 11) is 0. The molecular formula is C21H22N2O4S. The first-order valence-corrected chi connectivity index (χ1v) is 9.86. The molecule has 0 bridgehead atoms. The maximum Gasteiger partial charge on any atom is 0.339 e. The Morgan fingerprint density at radius 1 is 1.14 bits per heavy atom. The summed E-state index contributed by atoms with van der Waals surface area (Å²) in [5, 5.41) is 2.78. The minimum Gasteiger partial charge on any atom is -0.462 e. The summed E-state index contributed by atoms with van der Waals surface area (Å²) in [6.07, 6.45) is 0. The third-order valence-corrected chi connectivity index (χ3v) is 5.25. The van der Waals surface area contributed by atoms with Gasteiger partial charge in [-0.25, -0.2) is 9.78 Å². The third kappa shape index (κ3) is 4.48. The second kappa shape index (κ2) is 8.84. The van der Waals surface area contributed by atoms with Gasteiger partial charge in [-0.3, -0.25) is 4.79 Å². The molecule has 7 heteroatoms. The van der Waals surface area contributed by atoms with E-state index < -0.39 is 0 Å². The molecule has 0 amide bonds. The zero-order valence-electron chi connectivity index (χ0n) is 16.1. The van der Waals surface area contributed by atoms with Crippen LogP contribution in [0.15, 0.2) is 41.8 Å². The zero-order chi connectivity index (χ0) is 20.1. The number of carbonyl (C=O) groups is 2. The van der Waals surface area contributed by atoms with Crippen molar-refractivity contribution in [1.29, 1.82) is 0 Å². The predicted octanol–water partition coefficient (Wildman–Crippen LogP) is 4.15. The van der Waals surface area contributed by atoms with Gasteiger partial charge in [-0.15, -0.1) is 11.3 Å². The van der Waals surface area contributed by atoms with E-state index in [0.29, 0.717) is 23.6 Å². The van der Waals surface area contributed by atoms with Crippen molar-refractivity contribution in [1.82, 2.24) is 9.55 Å². The number of thiazole rings is 1. The van der Waals surface area contributed by atoms with E-state index in [4.69, 9.17) is 9.47 Å². The molecule has 2 aromatic heterocycles. The Kier molecular flexibility index (Phi) is 6.26. The smallest absolute Gasteiger partial charge is 0.339 e. The Labute approximate surface area is 167 Å². The lowest BCUT2D eigenvalue weighted by Gasteiger charge is -2.09. The molecule has 2 heterocycles. The first-order valence-electron chi connectivity index (χ1n) is 8.99. The lowest BCUT2D eigenvalue weighted by atomic mass is 10.2. The molecule has 0 spiro atoms. The van der Waals surface area contributed by atoms with Gasteiger partial charge in [0.15, 0.2) is 0 Å². The molecule has 0 fully saturated rings. The van der Waals surface area contributed by atoms with Crippen LogP contribution >= 0.6 is 11.3 Å². The van der Waals surface area contributed by atoms with E-state index in [1.807, 2.05) is 42.6 Å². The van der Waals surface area contributed by atoms with E-state index in [2.05, 4.69) is 4.98 Å². The highest BCUT2D eigenvalue weighted by atomic mass is 32.1. The van der Waals surface area contributed by atoms with Crippen LogP contribution in [0.4, 0.5) is 0 Å². The summed E-state index contributed by atoms with van der Waals surface area (Å²) < 4.78 is 12.2. The van der Waals surface area contributed by atoms with Gasteiger partial charge in [0.25, 0.3) is 0 Å². The summed E-state index contributed by atoms with van der Waals surface area (Å²) in [5.74, 6) is -0.766. The quantitative estimate of drug-likeness (QED) is 0.559. The highest BCUT2D eigenvalue weighted by Crippen LogP contribution is 2.23. The van der Waals surface area contributed by atoms with Crippen LogP contribution in [0.2, 0.25) is 0 Å². The fourth-order valence-corrected chi connectivity index (χ4v) is 3.69. The SMILES string of the molecule is CCOC(=O)c1cc(C)n(CC(=O)OCc2csc(-c3ccccc3)n2)c1C. The molecule has 3 rings (SSSR count). The van der Waals surface area contributed by atoms with E-state index in [0.717, 1.165) is 16.3 Å². The molecule has 0 aliphatic rings. The minimum atomic E-state index is -0.383. The van der Waals surface area contributed by atoms with Crippen molar-refractivity contribution in [2.24, 2.45) is 0 Å². The van der Waals surface area contributed by atoms with Crippen LogP contribution in [-0.4, -0.2) is 28.1 Å². The van der Waals surface area contributed by atoms with Crippen LogP contribution < -0.4 is 0 Å². The fourth-order valence-electron chi connectivity index (χ4n) is 2.88. The lowest BCUT2D eigenvalue weighted by molar-refractivity contribution is -0.145. The Morgan fingerprint density at radius 2 is 1.89 bits per heavy atom. The standard InChI is InChI=1S/C21H22N2O4S/c1-4-26-21(25)18-10-14(2)23(15(18)3)11-19(24)27-12-17-13-28-20(22-17)16-8-6-5-7-9-16/h5-10,13H,4,11-12H2,1-3H3. The first kappa shape index (κ1) is 19.8. The van der Waals surface area contributed by atoms with Gasteiger partial charge in [-0.2, -0.15) is 0 Å². The highest BCUT2D eigenvalue weighted by Gasteiger charge is 2.18. The monoisotopic (exact) mass is 398 g/mol. The van der Waals surface area contributed by atoms with Crippen molar-refractivity contribution < 1.29 is 19.1 Å². The summed E-state index contributed by atoms with van der Waals surface area (Å²) >= 11 is 1.52. The van der Waals surface area contributed by atoms with Crippen molar-refractivity contribution in [2.75, 3.05) is 6.61 Å². The van der Waals surface area contributed by atoms with Crippen LogP contribution in [0.1, 0.15) is 34.4 Å². The molecule has 28 heavy (non-hydrogen) atoms. The molecule has 6 nitrogen and oxygen atoms in total. The molecule has 0 aliphatic carbocycles. The molecular weight excluding hydrogens is 376 g/mol. The third-order valence-electron chi connectivity index (χ3n) is 4.31. The van der Waals surface area contributed by atoms with Crippen LogP contribution in [0, 0.1) is 13.8 Å². The van der Waals surface area contributed by atoms with Gasteiger partial charge in [0, 0.05) is 22.3 Å². The number of aromatic nitrogens is 2. The molecule has 0 radical (unpaired) electrons. The lowest BCUT2D eigenvalue weighted by Crippen LogP contribution is -2.16. The average molecular weight is 398 g/mol. The van der Waals surface area contributed by atoms with E-state index >= 15 is 0 Å². The van der Waals surface area contributed by atoms with E-state index in [9.17, 15) is 9.59 Å². The van der Waals surface area contributed by atoms with Crippen molar-refractivity contribution >= 4 is 23.3 Å². The number of esters is 2. The topological polar surface area (TPSA) is 70.4 Å². The van der Waals surface area contributed by atoms with Crippen molar-refractivity contribution in [3.63, 3.8) is 0 Å². The maximum absolute atomic E-state index is 12.3. The van der Waals surface area contributed by atoms with Crippen LogP contribution in [0.25, 0.3) is 10.6 Å². The summed E-state index contributed by atoms with van der Waals surface area (Å²) in [5.41, 5.74) is 3.71. The molecule has 0 aliphatic heterocycles. The molecule has 0 atom stereocenters. The fraction of sp³-hybridized carbons (Fsp3) is 0.286. The second-order valence-electron chi connectivity index (χ2n) is 6.26. The number of hydrogen-bond donors (Lipinski definition) is 0. The van der Waals surface area contributed by atoms with Gasteiger partial charge in [0.2, 0.25) is 0 Å². The number of hydrogen-bond acceptors (Lipinski definition) is 6. The molecule has 146 valence electrons. The van der Waals surface area contributed by atoms with Gasteiger partial charge in [0.1, 0.15) is 18.2 Å². The Morgan fingerprint density at radius 3 is 2.61 bits per heavy atom. The maximum atomic E-state index is 12.3. The van der Waals surface area contributed by atoms with Crippen molar-refractivity contribution in [3.05, 3.63) is 64.4 Å². The van der Waals surface area contributed by atoms with Crippen molar-refractivity contribution in [3.8, 4) is 10.6 Å². The molecule has 0 saturated carbocycles. The van der Waals surface area contributed by atoms with E-state index in [1.165, 1.54) is 11.3 Å². The van der Waals surface area contributed by atoms with Crippen molar-refractivity contribution in [2.45, 2.75) is 33.9 Å². The normalized spacial score (nSPS) is 10.7. The van der Waals surface area contributed by atoms with Gasteiger partial charge < -0.3 is 14.0 Å². The number of rotatable bonds is 7. The highest BCUT2D eigenvalue weighted by molar-refractivity contribution is 7.13. The largest absolute Gasteiger partial charge is 0.462 e. The van der Waals surface area contributed by atoms with Crippen LogP contribution in [0.3, 0.4) is 0 Å². The molecule has 0 unspecified atom stereocenters. The summed E-state index contributed by atoms with van der Waals surface area (Å²) in [6, 6.07) is 11.6. The number of nitrogens with zero attached hydrogens (tertiary/aromatic N) is 2.